The standard InChI is InChI=1S/C22H24N4O/c1-25-21(27)15-20(19-9-11-23-12-10-19)24-22(25)26-13-5-8-18(16-26)14-17-6-3-2-4-7-17/h2-4,6-12,15,22,24H,5,13-14,16H2,1H3. The molecule has 0 bridgehead atoms. The second-order valence-corrected chi connectivity index (χ2v) is 7.04. The number of carbonyl (C=O) groups is 1. The molecule has 2 aromatic rings. The third kappa shape index (κ3) is 3.93. The van der Waals surface area contributed by atoms with Gasteiger partial charge in [0.2, 0.25) is 0 Å². The second kappa shape index (κ2) is 7.76. The summed E-state index contributed by atoms with van der Waals surface area (Å²) in [5.74, 6) is 0.0183. The van der Waals surface area contributed by atoms with E-state index >= 15 is 0 Å². The van der Waals surface area contributed by atoms with Gasteiger partial charge in [0.05, 0.1) is 0 Å². The fourth-order valence-corrected chi connectivity index (χ4v) is 3.69. The maximum atomic E-state index is 12.6. The summed E-state index contributed by atoms with van der Waals surface area (Å²) in [6.45, 7) is 1.78. The van der Waals surface area contributed by atoms with Crippen molar-refractivity contribution in [2.24, 2.45) is 0 Å². The summed E-state index contributed by atoms with van der Waals surface area (Å²) >= 11 is 0. The molecule has 1 amide bonds. The van der Waals surface area contributed by atoms with Gasteiger partial charge in [0.15, 0.2) is 6.29 Å². The molecule has 5 nitrogen and oxygen atoms in total. The lowest BCUT2D eigenvalue weighted by Crippen LogP contribution is -2.59. The molecule has 2 aliphatic rings. The van der Waals surface area contributed by atoms with Gasteiger partial charge in [-0.1, -0.05) is 42.0 Å². The first-order chi connectivity index (χ1) is 13.2. The normalized spacial score (nSPS) is 20.7. The molecule has 0 saturated carbocycles. The van der Waals surface area contributed by atoms with Crippen molar-refractivity contribution in [2.45, 2.75) is 19.1 Å². The van der Waals surface area contributed by atoms with Crippen LogP contribution in [-0.2, 0) is 11.2 Å². The molecule has 0 radical (unpaired) electrons. The highest BCUT2D eigenvalue weighted by molar-refractivity contribution is 5.96. The van der Waals surface area contributed by atoms with Gasteiger partial charge < -0.3 is 10.2 Å². The highest BCUT2D eigenvalue weighted by atomic mass is 16.2. The van der Waals surface area contributed by atoms with E-state index in [1.165, 1.54) is 11.1 Å². The molecule has 1 N–H and O–H groups in total. The van der Waals surface area contributed by atoms with Gasteiger partial charge in [0.25, 0.3) is 5.91 Å². The highest BCUT2D eigenvalue weighted by Crippen LogP contribution is 2.22. The number of likely N-dealkylation sites (N-methyl/N-ethyl adjacent to an activating group) is 1. The molecule has 1 aromatic carbocycles. The van der Waals surface area contributed by atoms with Gasteiger partial charge >= 0.3 is 0 Å². The van der Waals surface area contributed by atoms with Crippen molar-refractivity contribution in [3.05, 3.63) is 83.7 Å². The van der Waals surface area contributed by atoms with Crippen LogP contribution >= 0.6 is 0 Å². The SMILES string of the molecule is CN1C(=O)C=C(c2ccncc2)NC1N1CCC=C(Cc2ccccc2)C1. The molecular weight excluding hydrogens is 336 g/mol. The third-order valence-corrected chi connectivity index (χ3v) is 5.13. The van der Waals surface area contributed by atoms with E-state index in [1.54, 1.807) is 23.4 Å². The van der Waals surface area contributed by atoms with Crippen molar-refractivity contribution < 1.29 is 4.79 Å². The number of rotatable bonds is 4. The number of amides is 1. The summed E-state index contributed by atoms with van der Waals surface area (Å²) in [6, 6.07) is 14.4. The van der Waals surface area contributed by atoms with Crippen LogP contribution < -0.4 is 5.32 Å². The fourth-order valence-electron chi connectivity index (χ4n) is 3.69. The lowest BCUT2D eigenvalue weighted by Gasteiger charge is -2.42. The monoisotopic (exact) mass is 360 g/mol. The van der Waals surface area contributed by atoms with Crippen molar-refractivity contribution in [2.75, 3.05) is 20.1 Å². The number of aromatic nitrogens is 1. The first-order valence-corrected chi connectivity index (χ1v) is 9.32. The first kappa shape index (κ1) is 17.5. The molecule has 2 aliphatic heterocycles. The predicted octanol–water partition coefficient (Wildman–Crippen LogP) is 2.64. The molecule has 0 fully saturated rings. The molecule has 1 atom stereocenters. The zero-order valence-electron chi connectivity index (χ0n) is 15.5. The van der Waals surface area contributed by atoms with E-state index in [2.05, 4.69) is 45.5 Å². The van der Waals surface area contributed by atoms with E-state index in [0.717, 1.165) is 37.2 Å². The van der Waals surface area contributed by atoms with Crippen LogP contribution in [0.2, 0.25) is 0 Å². The lowest BCUT2D eigenvalue weighted by atomic mass is 10.0. The van der Waals surface area contributed by atoms with E-state index in [9.17, 15) is 4.79 Å². The quantitative estimate of drug-likeness (QED) is 0.852. The van der Waals surface area contributed by atoms with Crippen LogP contribution in [0, 0.1) is 0 Å². The first-order valence-electron chi connectivity index (χ1n) is 9.32. The predicted molar refractivity (Wildman–Crippen MR) is 106 cm³/mol. The number of carbonyl (C=O) groups excluding carboxylic acids is 1. The number of benzene rings is 1. The summed E-state index contributed by atoms with van der Waals surface area (Å²) in [6.07, 6.45) is 9.30. The van der Waals surface area contributed by atoms with Crippen molar-refractivity contribution >= 4 is 11.6 Å². The minimum atomic E-state index is -0.148. The summed E-state index contributed by atoms with van der Waals surface area (Å²) in [7, 11) is 1.86. The van der Waals surface area contributed by atoms with Crippen LogP contribution in [0.3, 0.4) is 0 Å². The minimum Gasteiger partial charge on any atom is -0.352 e. The lowest BCUT2D eigenvalue weighted by molar-refractivity contribution is -0.132. The molecule has 0 aliphatic carbocycles. The smallest absolute Gasteiger partial charge is 0.251 e. The summed E-state index contributed by atoms with van der Waals surface area (Å²) < 4.78 is 0. The molecule has 138 valence electrons. The summed E-state index contributed by atoms with van der Waals surface area (Å²) in [4.78, 5) is 20.7. The molecule has 5 heteroatoms. The Morgan fingerprint density at radius 1 is 1.15 bits per heavy atom. The zero-order valence-corrected chi connectivity index (χ0v) is 15.5. The van der Waals surface area contributed by atoms with Gasteiger partial charge in [-0.25, -0.2) is 0 Å². The maximum absolute atomic E-state index is 12.6. The molecule has 0 spiro atoms. The van der Waals surface area contributed by atoms with E-state index < -0.39 is 0 Å². The molecule has 1 unspecified atom stereocenters. The Bertz CT molecular complexity index is 860. The van der Waals surface area contributed by atoms with Crippen molar-refractivity contribution in [1.29, 1.82) is 0 Å². The Kier molecular flexibility index (Phi) is 5.03. The van der Waals surface area contributed by atoms with E-state index in [-0.39, 0.29) is 12.2 Å². The van der Waals surface area contributed by atoms with Gasteiger partial charge in [-0.15, -0.1) is 0 Å². The Balaban J connectivity index is 1.50. The van der Waals surface area contributed by atoms with Gasteiger partial charge in [0.1, 0.15) is 0 Å². The van der Waals surface area contributed by atoms with Gasteiger partial charge in [-0.05, 0) is 30.5 Å². The van der Waals surface area contributed by atoms with Crippen molar-refractivity contribution in [1.82, 2.24) is 20.1 Å². The van der Waals surface area contributed by atoms with Crippen LogP contribution in [0.15, 0.2) is 72.6 Å². The van der Waals surface area contributed by atoms with Gasteiger partial charge in [0, 0.05) is 49.9 Å². The Labute approximate surface area is 160 Å². The van der Waals surface area contributed by atoms with E-state index in [1.807, 2.05) is 25.2 Å². The van der Waals surface area contributed by atoms with Gasteiger partial charge in [-0.2, -0.15) is 0 Å². The summed E-state index contributed by atoms with van der Waals surface area (Å²) in [5.41, 5.74) is 4.55. The van der Waals surface area contributed by atoms with Crippen LogP contribution in [-0.4, -0.2) is 47.1 Å². The fraction of sp³-hybridized carbons (Fsp3) is 0.273. The van der Waals surface area contributed by atoms with E-state index in [4.69, 9.17) is 0 Å². The van der Waals surface area contributed by atoms with Crippen LogP contribution in [0.4, 0.5) is 0 Å². The largest absolute Gasteiger partial charge is 0.352 e. The van der Waals surface area contributed by atoms with E-state index in [0.29, 0.717) is 0 Å². The Morgan fingerprint density at radius 2 is 1.93 bits per heavy atom. The number of hydrogen-bond acceptors (Lipinski definition) is 4. The Hall–Kier alpha value is -2.92. The second-order valence-electron chi connectivity index (χ2n) is 7.04. The average Bonchev–Trinajstić information content (AvgIpc) is 2.71. The van der Waals surface area contributed by atoms with Crippen molar-refractivity contribution in [3.63, 3.8) is 0 Å². The molecular formula is C22H24N4O. The third-order valence-electron chi connectivity index (χ3n) is 5.13. The molecule has 27 heavy (non-hydrogen) atoms. The Morgan fingerprint density at radius 3 is 2.70 bits per heavy atom. The highest BCUT2D eigenvalue weighted by Gasteiger charge is 2.31. The molecule has 1 aromatic heterocycles. The minimum absolute atomic E-state index is 0.0183. The van der Waals surface area contributed by atoms with Crippen LogP contribution in [0.5, 0.6) is 0 Å². The number of nitrogens with zero attached hydrogens (tertiary/aromatic N) is 3. The van der Waals surface area contributed by atoms with Crippen molar-refractivity contribution in [3.8, 4) is 0 Å². The van der Waals surface area contributed by atoms with Crippen LogP contribution in [0.1, 0.15) is 17.5 Å². The average molecular weight is 360 g/mol. The molecule has 0 saturated heterocycles. The number of nitrogens with one attached hydrogen (secondary N) is 1. The number of hydrogen-bond donors (Lipinski definition) is 1. The molecule has 3 heterocycles. The number of pyridine rings is 1. The maximum Gasteiger partial charge on any atom is 0.251 e. The summed E-state index contributed by atoms with van der Waals surface area (Å²) in [5, 5.41) is 3.54. The molecule has 4 rings (SSSR count). The van der Waals surface area contributed by atoms with Crippen LogP contribution in [0.25, 0.3) is 5.70 Å². The van der Waals surface area contributed by atoms with Gasteiger partial charge in [-0.3, -0.25) is 14.7 Å². The topological polar surface area (TPSA) is 48.5 Å². The zero-order chi connectivity index (χ0) is 18.6.